The van der Waals surface area contributed by atoms with E-state index in [0.717, 1.165) is 4.57 Å². The highest BCUT2D eigenvalue weighted by molar-refractivity contribution is 6.39. The molecule has 2 aromatic heterocycles. The molecule has 9 nitrogen and oxygen atoms in total. The first-order valence-corrected chi connectivity index (χ1v) is 9.51. The molecule has 0 radical (unpaired) electrons. The topological polar surface area (TPSA) is 89.5 Å². The molecule has 162 valence electrons. The van der Waals surface area contributed by atoms with Crippen molar-refractivity contribution in [2.24, 2.45) is 19.1 Å². The van der Waals surface area contributed by atoms with Gasteiger partial charge < -0.3 is 14.8 Å². The molecule has 1 N–H and O–H groups in total. The van der Waals surface area contributed by atoms with E-state index in [1.165, 1.54) is 17.9 Å². The number of aryl methyl sites for hydroxylation is 1. The molecule has 30 heavy (non-hydrogen) atoms. The summed E-state index contributed by atoms with van der Waals surface area (Å²) in [5.41, 5.74) is 0.467. The van der Waals surface area contributed by atoms with E-state index < -0.39 is 11.2 Å². The number of anilines is 1. The van der Waals surface area contributed by atoms with Crippen molar-refractivity contribution < 1.29 is 0 Å². The highest BCUT2D eigenvalue weighted by atomic mass is 35.5. The van der Waals surface area contributed by atoms with E-state index in [1.807, 2.05) is 14.1 Å². The Hall–Kier alpha value is -2.49. The molecule has 0 aliphatic rings. The maximum atomic E-state index is 12.5. The fourth-order valence-electron chi connectivity index (χ4n) is 2.85. The highest BCUT2D eigenvalue weighted by Crippen LogP contribution is 2.29. The third-order valence-corrected chi connectivity index (χ3v) is 5.07. The van der Waals surface area contributed by atoms with Crippen LogP contribution in [0.4, 0.5) is 5.69 Å². The number of hydrogen-bond donors (Lipinski definition) is 1. The minimum Gasteiger partial charge on any atom is -0.349 e. The Bertz CT molecular complexity index is 1190. The Morgan fingerprint density at radius 3 is 2.40 bits per heavy atom. The van der Waals surface area contributed by atoms with Gasteiger partial charge >= 0.3 is 5.69 Å². The van der Waals surface area contributed by atoms with Gasteiger partial charge in [-0.15, -0.1) is 12.4 Å². The summed E-state index contributed by atoms with van der Waals surface area (Å²) in [5, 5.41) is 4.11. The van der Waals surface area contributed by atoms with Crippen molar-refractivity contribution in [3.63, 3.8) is 0 Å². The average molecular weight is 475 g/mol. The van der Waals surface area contributed by atoms with Crippen LogP contribution in [0.5, 0.6) is 0 Å². The van der Waals surface area contributed by atoms with E-state index in [-0.39, 0.29) is 12.4 Å². The van der Waals surface area contributed by atoms with E-state index in [2.05, 4.69) is 15.3 Å². The Balaban J connectivity index is 0.00000320. The lowest BCUT2D eigenvalue weighted by Crippen LogP contribution is -2.37. The summed E-state index contributed by atoms with van der Waals surface area (Å²) >= 11 is 12.4. The molecule has 0 atom stereocenters. The van der Waals surface area contributed by atoms with Crippen molar-refractivity contribution in [3.05, 3.63) is 55.4 Å². The lowest BCUT2D eigenvalue weighted by molar-refractivity contribution is 0.610. The summed E-state index contributed by atoms with van der Waals surface area (Å²) in [6.07, 6.45) is 1.54. The lowest BCUT2D eigenvalue weighted by atomic mass is 10.3. The predicted octanol–water partition coefficient (Wildman–Crippen LogP) is 2.19. The van der Waals surface area contributed by atoms with E-state index in [9.17, 15) is 9.59 Å². The van der Waals surface area contributed by atoms with Crippen LogP contribution in [-0.4, -0.2) is 50.2 Å². The molecule has 3 rings (SSSR count). The molecule has 0 fully saturated rings. The van der Waals surface area contributed by atoms with Crippen molar-refractivity contribution in [1.29, 1.82) is 0 Å². The zero-order valence-corrected chi connectivity index (χ0v) is 19.2. The van der Waals surface area contributed by atoms with Gasteiger partial charge in [0.25, 0.3) is 5.56 Å². The maximum absolute atomic E-state index is 12.5. The summed E-state index contributed by atoms with van der Waals surface area (Å²) in [4.78, 5) is 35.1. The second kappa shape index (κ2) is 9.55. The molecule has 0 aliphatic carbocycles. The Kier molecular flexibility index (Phi) is 7.57. The van der Waals surface area contributed by atoms with Crippen LogP contribution in [0.2, 0.25) is 10.0 Å². The first-order valence-electron chi connectivity index (χ1n) is 8.76. The number of imidazole rings is 1. The van der Waals surface area contributed by atoms with Gasteiger partial charge in [0.05, 0.1) is 28.6 Å². The van der Waals surface area contributed by atoms with E-state index in [1.54, 1.807) is 34.7 Å². The van der Waals surface area contributed by atoms with Gasteiger partial charge in [-0.2, -0.15) is 0 Å². The van der Waals surface area contributed by atoms with Gasteiger partial charge in [-0.1, -0.05) is 29.3 Å². The highest BCUT2D eigenvalue weighted by Gasteiger charge is 2.14. The van der Waals surface area contributed by atoms with Gasteiger partial charge in [-0.05, 0) is 12.1 Å². The van der Waals surface area contributed by atoms with Gasteiger partial charge in [-0.3, -0.25) is 18.9 Å². The molecule has 0 unspecified atom stereocenters. The van der Waals surface area contributed by atoms with Crippen molar-refractivity contribution in [2.75, 3.05) is 26.0 Å². The molecule has 0 spiro atoms. The molecule has 0 amide bonds. The molecule has 3 aromatic rings. The summed E-state index contributed by atoms with van der Waals surface area (Å²) in [5.74, 6) is 0.560. The number of fused-ring (bicyclic) bond motifs is 1. The largest absolute Gasteiger partial charge is 0.349 e. The number of guanidine groups is 1. The van der Waals surface area contributed by atoms with Crippen LogP contribution < -0.4 is 16.6 Å². The van der Waals surface area contributed by atoms with E-state index >= 15 is 0 Å². The number of nitrogens with one attached hydrogen (secondary N) is 1. The predicted molar refractivity (Wildman–Crippen MR) is 124 cm³/mol. The summed E-state index contributed by atoms with van der Waals surface area (Å²) in [7, 11) is 6.71. The first kappa shape index (κ1) is 23.8. The molecule has 0 saturated carbocycles. The number of aliphatic imine (C=N–C) groups is 1. The molecule has 12 heteroatoms. The van der Waals surface area contributed by atoms with Crippen LogP contribution in [0, 0.1) is 0 Å². The van der Waals surface area contributed by atoms with Crippen molar-refractivity contribution >= 4 is 58.4 Å². The van der Waals surface area contributed by atoms with Crippen LogP contribution in [0.3, 0.4) is 0 Å². The monoisotopic (exact) mass is 473 g/mol. The Morgan fingerprint density at radius 2 is 1.80 bits per heavy atom. The number of aromatic nitrogens is 4. The number of halogens is 3. The van der Waals surface area contributed by atoms with Crippen LogP contribution in [0.1, 0.15) is 0 Å². The van der Waals surface area contributed by atoms with Crippen molar-refractivity contribution in [3.8, 4) is 0 Å². The summed E-state index contributed by atoms with van der Waals surface area (Å²) in [6, 6.07) is 5.24. The Morgan fingerprint density at radius 1 is 1.17 bits per heavy atom. The second-order valence-corrected chi connectivity index (χ2v) is 7.45. The Labute approximate surface area is 189 Å². The van der Waals surface area contributed by atoms with Gasteiger partial charge in [0.15, 0.2) is 17.1 Å². The minimum absolute atomic E-state index is 0. The smallest absolute Gasteiger partial charge is 0.332 e. The number of nitrogens with zero attached hydrogens (tertiary/aromatic N) is 6. The molecule has 0 aliphatic heterocycles. The normalized spacial score (nSPS) is 11.5. The average Bonchev–Trinajstić information content (AvgIpc) is 3.10. The number of para-hydroxylation sites is 1. The molecule has 2 heterocycles. The van der Waals surface area contributed by atoms with Crippen LogP contribution >= 0.6 is 35.6 Å². The van der Waals surface area contributed by atoms with Gasteiger partial charge in [0.1, 0.15) is 0 Å². The molecule has 1 aromatic carbocycles. The van der Waals surface area contributed by atoms with Gasteiger partial charge in [-0.25, -0.2) is 9.78 Å². The van der Waals surface area contributed by atoms with Crippen molar-refractivity contribution in [1.82, 2.24) is 23.6 Å². The van der Waals surface area contributed by atoms with Crippen molar-refractivity contribution in [2.45, 2.75) is 6.54 Å². The number of rotatable bonds is 4. The third kappa shape index (κ3) is 4.48. The van der Waals surface area contributed by atoms with Crippen LogP contribution in [0.25, 0.3) is 11.2 Å². The molecule has 0 saturated heterocycles. The van der Waals surface area contributed by atoms with Crippen LogP contribution in [-0.2, 0) is 20.6 Å². The first-order chi connectivity index (χ1) is 13.7. The van der Waals surface area contributed by atoms with Gasteiger partial charge in [0, 0.05) is 34.7 Å². The zero-order valence-electron chi connectivity index (χ0n) is 16.9. The zero-order chi connectivity index (χ0) is 21.3. The number of hydrogen-bond acceptors (Lipinski definition) is 4. The van der Waals surface area contributed by atoms with E-state index in [0.29, 0.717) is 45.9 Å². The minimum atomic E-state index is -0.415. The fraction of sp³-hybridized carbons (Fsp3) is 0.333. The summed E-state index contributed by atoms with van der Waals surface area (Å²) in [6.45, 7) is 0.763. The summed E-state index contributed by atoms with van der Waals surface area (Å²) < 4.78 is 4.11. The number of benzene rings is 1. The molecular formula is C18H22Cl3N7O2. The maximum Gasteiger partial charge on any atom is 0.332 e. The lowest BCUT2D eigenvalue weighted by Gasteiger charge is -2.19. The third-order valence-electron chi connectivity index (χ3n) is 4.44. The molecule has 0 bridgehead atoms. The second-order valence-electron chi connectivity index (χ2n) is 6.64. The quantitative estimate of drug-likeness (QED) is 0.462. The SMILES string of the molecule is CN(C)C(=NCCn1cnc2c1c(=O)n(C)c(=O)n2C)Nc1c(Cl)cccc1Cl.Cl. The molecular weight excluding hydrogens is 453 g/mol. The van der Waals surface area contributed by atoms with E-state index in [4.69, 9.17) is 23.2 Å². The van der Waals surface area contributed by atoms with Crippen LogP contribution in [0.15, 0.2) is 39.1 Å². The van der Waals surface area contributed by atoms with Gasteiger partial charge in [0.2, 0.25) is 0 Å². The standard InChI is InChI=1S/C18H21Cl2N7O2.ClH/c1-24(2)17(23-13-11(19)6-5-7-12(13)20)21-8-9-27-10-22-15-14(27)16(28)26(4)18(29)25(15)3;/h5-7,10H,8-9H2,1-4H3,(H,21,23);1H. The fourth-order valence-corrected chi connectivity index (χ4v) is 3.34.